The normalized spacial score (nSPS) is 9.71. The number of carbonyl (C=O) groups is 1. The van der Waals surface area contributed by atoms with Gasteiger partial charge in [0, 0.05) is 6.20 Å². The Morgan fingerprint density at radius 1 is 1.53 bits per heavy atom. The van der Waals surface area contributed by atoms with Crippen LogP contribution in [0.3, 0.4) is 0 Å². The summed E-state index contributed by atoms with van der Waals surface area (Å²) in [4.78, 5) is 14.6. The molecule has 0 aromatic carbocycles. The van der Waals surface area contributed by atoms with Crippen molar-refractivity contribution in [1.82, 2.24) is 14.8 Å². The average molecular weight is 261 g/mol. The van der Waals surface area contributed by atoms with Crippen molar-refractivity contribution in [2.24, 2.45) is 0 Å². The summed E-state index contributed by atoms with van der Waals surface area (Å²) >= 11 is 5.88. The number of hydrogen-bond donors (Lipinski definition) is 1. The maximum Gasteiger partial charge on any atom is 1.00 e. The molecule has 82 valence electrons. The Kier molecular flexibility index (Phi) is 4.53. The molecule has 6 nitrogen and oxygen atoms in total. The summed E-state index contributed by atoms with van der Waals surface area (Å²) in [5, 5.41) is 14.8. The Morgan fingerprint density at radius 3 is 2.76 bits per heavy atom. The molecular formula is C9H6ClN4NaO2. The van der Waals surface area contributed by atoms with Crippen molar-refractivity contribution in [2.75, 3.05) is 5.73 Å². The quantitative estimate of drug-likeness (QED) is 0.576. The molecule has 0 aliphatic rings. The monoisotopic (exact) mass is 260 g/mol. The third kappa shape index (κ3) is 2.61. The van der Waals surface area contributed by atoms with Gasteiger partial charge in [0.1, 0.15) is 5.82 Å². The molecule has 2 heterocycles. The fraction of sp³-hybridized carbons (Fsp3) is 0. The Labute approximate surface area is 124 Å². The van der Waals surface area contributed by atoms with Gasteiger partial charge in [-0.05, 0) is 12.1 Å². The van der Waals surface area contributed by atoms with Crippen LogP contribution in [0.2, 0.25) is 5.02 Å². The number of pyridine rings is 1. The standard InChI is InChI=1S/C9H7ClN4O2.Na/c10-6-2-1-3-12-8(6)14-7(11)5(4-13-14)9(15)16;/h1-4H,11H2,(H,15,16);/q;+1/p-1. The summed E-state index contributed by atoms with van der Waals surface area (Å²) in [6.07, 6.45) is 2.59. The molecule has 0 aliphatic carbocycles. The van der Waals surface area contributed by atoms with E-state index in [1.54, 1.807) is 12.1 Å². The van der Waals surface area contributed by atoms with E-state index in [1.807, 2.05) is 0 Å². The van der Waals surface area contributed by atoms with E-state index in [-0.39, 0.29) is 46.8 Å². The van der Waals surface area contributed by atoms with Crippen molar-refractivity contribution in [3.05, 3.63) is 35.1 Å². The van der Waals surface area contributed by atoms with E-state index >= 15 is 0 Å². The summed E-state index contributed by atoms with van der Waals surface area (Å²) < 4.78 is 1.15. The zero-order chi connectivity index (χ0) is 11.7. The Morgan fingerprint density at radius 2 is 2.24 bits per heavy atom. The molecule has 2 N–H and O–H groups in total. The number of nitrogen functional groups attached to an aromatic ring is 1. The number of anilines is 1. The van der Waals surface area contributed by atoms with Crippen LogP contribution in [-0.2, 0) is 0 Å². The van der Waals surface area contributed by atoms with Crippen molar-refractivity contribution in [2.45, 2.75) is 0 Å². The van der Waals surface area contributed by atoms with Gasteiger partial charge in [0.15, 0.2) is 5.82 Å². The summed E-state index contributed by atoms with van der Waals surface area (Å²) in [5.74, 6) is -1.19. The number of rotatable bonds is 2. The van der Waals surface area contributed by atoms with Crippen molar-refractivity contribution in [1.29, 1.82) is 0 Å². The Balaban J connectivity index is 0.00000144. The number of carbonyl (C=O) groups excluding carboxylic acids is 1. The largest absolute Gasteiger partial charge is 1.00 e. The maximum atomic E-state index is 10.7. The molecule has 17 heavy (non-hydrogen) atoms. The van der Waals surface area contributed by atoms with Crippen LogP contribution in [0, 0.1) is 0 Å². The number of nitrogens with two attached hydrogens (primary N) is 1. The first-order valence-electron chi connectivity index (χ1n) is 4.27. The maximum absolute atomic E-state index is 10.7. The molecule has 0 unspecified atom stereocenters. The molecule has 0 aliphatic heterocycles. The van der Waals surface area contributed by atoms with Crippen molar-refractivity contribution >= 4 is 23.4 Å². The fourth-order valence-electron chi connectivity index (χ4n) is 1.22. The van der Waals surface area contributed by atoms with Crippen LogP contribution in [-0.4, -0.2) is 20.7 Å². The first kappa shape index (κ1) is 14.0. The number of carboxylic acids is 1. The number of nitrogens with zero attached hydrogens (tertiary/aromatic N) is 3. The van der Waals surface area contributed by atoms with Crippen LogP contribution in [0.25, 0.3) is 5.82 Å². The van der Waals surface area contributed by atoms with E-state index in [0.29, 0.717) is 5.02 Å². The SMILES string of the molecule is Nc1c(C(=O)[O-])cnn1-c1ncccc1Cl.[Na+]. The summed E-state index contributed by atoms with van der Waals surface area (Å²) in [6.45, 7) is 0. The molecule has 2 rings (SSSR count). The topological polar surface area (TPSA) is 96.9 Å². The number of aromatic carboxylic acids is 1. The number of hydrogen-bond acceptors (Lipinski definition) is 5. The molecule has 0 radical (unpaired) electrons. The number of halogens is 1. The second-order valence-electron chi connectivity index (χ2n) is 2.95. The molecule has 0 saturated heterocycles. The second-order valence-corrected chi connectivity index (χ2v) is 3.36. The van der Waals surface area contributed by atoms with Gasteiger partial charge in [-0.2, -0.15) is 9.78 Å². The predicted octanol–water partition coefficient (Wildman–Crippen LogP) is -3.13. The molecule has 0 spiro atoms. The molecular weight excluding hydrogens is 255 g/mol. The van der Waals surface area contributed by atoms with Crippen LogP contribution >= 0.6 is 11.6 Å². The predicted molar refractivity (Wildman–Crippen MR) is 55.1 cm³/mol. The zero-order valence-corrected chi connectivity index (χ0v) is 11.7. The Hall–Kier alpha value is -1.08. The van der Waals surface area contributed by atoms with Crippen molar-refractivity contribution in [3.63, 3.8) is 0 Å². The van der Waals surface area contributed by atoms with E-state index in [2.05, 4.69) is 10.1 Å². The summed E-state index contributed by atoms with van der Waals surface area (Å²) in [6, 6.07) is 3.24. The van der Waals surface area contributed by atoms with Gasteiger partial charge in [0.05, 0.1) is 22.8 Å². The van der Waals surface area contributed by atoms with E-state index in [9.17, 15) is 9.90 Å². The summed E-state index contributed by atoms with van der Waals surface area (Å²) in [5.41, 5.74) is 5.39. The average Bonchev–Trinajstić information content (AvgIpc) is 2.61. The van der Waals surface area contributed by atoms with Crippen LogP contribution in [0.15, 0.2) is 24.5 Å². The van der Waals surface area contributed by atoms with Gasteiger partial charge in [-0.25, -0.2) is 4.98 Å². The number of aromatic nitrogens is 3. The molecule has 0 amide bonds. The molecule has 0 saturated carbocycles. The second kappa shape index (κ2) is 5.50. The minimum atomic E-state index is -1.39. The van der Waals surface area contributed by atoms with Crippen LogP contribution in [0.1, 0.15) is 10.4 Å². The molecule has 2 aromatic rings. The number of carboxylic acid groups (broad SMARTS) is 1. The van der Waals surface area contributed by atoms with Crippen molar-refractivity contribution < 1.29 is 39.5 Å². The minimum absolute atomic E-state index is 0. The van der Waals surface area contributed by atoms with Gasteiger partial charge >= 0.3 is 29.6 Å². The van der Waals surface area contributed by atoms with E-state index in [1.165, 1.54) is 6.20 Å². The first-order chi connectivity index (χ1) is 7.61. The Bertz CT molecular complexity index is 558. The zero-order valence-electron chi connectivity index (χ0n) is 8.92. The summed E-state index contributed by atoms with van der Waals surface area (Å²) in [7, 11) is 0. The van der Waals surface area contributed by atoms with E-state index in [4.69, 9.17) is 17.3 Å². The molecule has 8 heteroatoms. The van der Waals surface area contributed by atoms with Gasteiger partial charge in [-0.3, -0.25) is 0 Å². The fourth-order valence-corrected chi connectivity index (χ4v) is 1.42. The van der Waals surface area contributed by atoms with Gasteiger partial charge in [-0.15, -0.1) is 0 Å². The first-order valence-corrected chi connectivity index (χ1v) is 4.65. The van der Waals surface area contributed by atoms with Crippen LogP contribution in [0.5, 0.6) is 0 Å². The molecule has 0 fully saturated rings. The minimum Gasteiger partial charge on any atom is -0.545 e. The van der Waals surface area contributed by atoms with Gasteiger partial charge in [0.2, 0.25) is 0 Å². The smallest absolute Gasteiger partial charge is 0.545 e. The molecule has 0 bridgehead atoms. The molecule has 2 aromatic heterocycles. The van der Waals surface area contributed by atoms with E-state index < -0.39 is 5.97 Å². The third-order valence-corrected chi connectivity index (χ3v) is 2.26. The van der Waals surface area contributed by atoms with Gasteiger partial charge < -0.3 is 15.6 Å². The van der Waals surface area contributed by atoms with Crippen LogP contribution in [0.4, 0.5) is 5.82 Å². The van der Waals surface area contributed by atoms with Crippen LogP contribution < -0.4 is 40.4 Å². The van der Waals surface area contributed by atoms with Gasteiger partial charge in [-0.1, -0.05) is 11.6 Å². The van der Waals surface area contributed by atoms with Gasteiger partial charge in [0.25, 0.3) is 0 Å². The van der Waals surface area contributed by atoms with Crippen molar-refractivity contribution in [3.8, 4) is 5.82 Å². The van der Waals surface area contributed by atoms with E-state index in [0.717, 1.165) is 10.9 Å². The third-order valence-electron chi connectivity index (χ3n) is 1.97. The molecule has 0 atom stereocenters.